The van der Waals surface area contributed by atoms with Gasteiger partial charge in [-0.15, -0.1) is 0 Å². The second-order valence-corrected chi connectivity index (χ2v) is 4.24. The van der Waals surface area contributed by atoms with Crippen molar-refractivity contribution in [1.82, 2.24) is 0 Å². The minimum Gasteiger partial charge on any atom is -0.377 e. The van der Waals surface area contributed by atoms with Crippen LogP contribution in [0.3, 0.4) is 0 Å². The van der Waals surface area contributed by atoms with Crippen LogP contribution in [0.25, 0.3) is 6.08 Å². The van der Waals surface area contributed by atoms with E-state index in [0.29, 0.717) is 12.2 Å². The van der Waals surface area contributed by atoms with Gasteiger partial charge >= 0.3 is 0 Å². The van der Waals surface area contributed by atoms with Gasteiger partial charge in [0, 0.05) is 12.7 Å². The van der Waals surface area contributed by atoms with E-state index in [1.165, 1.54) is 31.4 Å². The van der Waals surface area contributed by atoms with Gasteiger partial charge in [-0.05, 0) is 24.1 Å². The fourth-order valence-corrected chi connectivity index (χ4v) is 1.64. The van der Waals surface area contributed by atoms with Crippen LogP contribution < -0.4 is 0 Å². The van der Waals surface area contributed by atoms with Crippen molar-refractivity contribution in [2.24, 2.45) is 0 Å². The Morgan fingerprint density at radius 3 is 2.44 bits per heavy atom. The molecule has 0 aromatic heterocycles. The Morgan fingerprint density at radius 1 is 1.06 bits per heavy atom. The number of halogens is 2. The second-order valence-electron chi connectivity index (χ2n) is 4.24. The van der Waals surface area contributed by atoms with E-state index in [1.54, 1.807) is 12.2 Å². The average molecular weight is 254 g/mol. The molecule has 1 aromatic rings. The first-order valence-electron chi connectivity index (χ1n) is 6.42. The van der Waals surface area contributed by atoms with Crippen molar-refractivity contribution in [3.8, 4) is 0 Å². The third kappa shape index (κ3) is 6.50. The van der Waals surface area contributed by atoms with E-state index in [2.05, 4.69) is 6.92 Å². The third-order valence-corrected chi connectivity index (χ3v) is 2.55. The van der Waals surface area contributed by atoms with Crippen LogP contribution in [-0.4, -0.2) is 13.2 Å². The van der Waals surface area contributed by atoms with Crippen molar-refractivity contribution in [1.29, 1.82) is 0 Å². The maximum absolute atomic E-state index is 12.9. The zero-order valence-electron chi connectivity index (χ0n) is 10.8. The molecule has 3 heteroatoms. The predicted octanol–water partition coefficient (Wildman–Crippen LogP) is 4.57. The molecule has 0 amide bonds. The maximum atomic E-state index is 12.9. The van der Waals surface area contributed by atoms with Gasteiger partial charge in [0.05, 0.1) is 6.61 Å². The molecular formula is C15H20F2O. The normalized spacial score (nSPS) is 11.3. The summed E-state index contributed by atoms with van der Waals surface area (Å²) in [6, 6.07) is 3.45. The van der Waals surface area contributed by atoms with Crippen LogP contribution in [0.4, 0.5) is 8.78 Å². The molecule has 0 N–H and O–H groups in total. The lowest BCUT2D eigenvalue weighted by atomic mass is 10.2. The summed E-state index contributed by atoms with van der Waals surface area (Å²) in [5.74, 6) is -1.12. The van der Waals surface area contributed by atoms with Crippen LogP contribution in [0.2, 0.25) is 0 Å². The van der Waals surface area contributed by atoms with Crippen molar-refractivity contribution >= 4 is 6.08 Å². The lowest BCUT2D eigenvalue weighted by Gasteiger charge is -2.00. The van der Waals surface area contributed by atoms with Crippen molar-refractivity contribution in [3.05, 3.63) is 41.5 Å². The van der Waals surface area contributed by atoms with Crippen LogP contribution in [0, 0.1) is 11.6 Å². The minimum absolute atomic E-state index is 0.476. The summed E-state index contributed by atoms with van der Waals surface area (Å²) in [7, 11) is 0. The molecule has 0 saturated heterocycles. The zero-order chi connectivity index (χ0) is 13.2. The number of unbranched alkanes of at least 4 members (excludes halogenated alkanes) is 3. The lowest BCUT2D eigenvalue weighted by Crippen LogP contribution is -1.94. The van der Waals surface area contributed by atoms with Gasteiger partial charge in [-0.3, -0.25) is 0 Å². The Hall–Kier alpha value is -1.22. The fraction of sp³-hybridized carbons (Fsp3) is 0.467. The first kappa shape index (κ1) is 14.8. The number of hydrogen-bond donors (Lipinski definition) is 0. The second kappa shape index (κ2) is 8.81. The molecule has 0 saturated carbocycles. The number of benzene rings is 1. The summed E-state index contributed by atoms with van der Waals surface area (Å²) in [5, 5.41) is 0. The maximum Gasteiger partial charge on any atom is 0.126 e. The molecule has 0 aliphatic carbocycles. The molecule has 1 rings (SSSR count). The highest BCUT2D eigenvalue weighted by Crippen LogP contribution is 2.09. The molecule has 0 aliphatic rings. The smallest absolute Gasteiger partial charge is 0.126 e. The molecule has 0 radical (unpaired) electrons. The van der Waals surface area contributed by atoms with E-state index >= 15 is 0 Å². The summed E-state index contributed by atoms with van der Waals surface area (Å²) in [5.41, 5.74) is 0.516. The minimum atomic E-state index is -0.560. The number of hydrogen-bond acceptors (Lipinski definition) is 1. The Balaban J connectivity index is 2.20. The zero-order valence-corrected chi connectivity index (χ0v) is 10.8. The van der Waals surface area contributed by atoms with Crippen molar-refractivity contribution in [2.45, 2.75) is 32.6 Å². The van der Waals surface area contributed by atoms with E-state index in [0.717, 1.165) is 19.1 Å². The molecule has 0 spiro atoms. The van der Waals surface area contributed by atoms with Crippen LogP contribution in [-0.2, 0) is 4.74 Å². The topological polar surface area (TPSA) is 9.23 Å². The van der Waals surface area contributed by atoms with Gasteiger partial charge in [-0.1, -0.05) is 38.3 Å². The van der Waals surface area contributed by atoms with Crippen LogP contribution in [0.1, 0.15) is 38.2 Å². The highest BCUT2D eigenvalue weighted by atomic mass is 19.1. The molecular weight excluding hydrogens is 234 g/mol. The largest absolute Gasteiger partial charge is 0.377 e. The standard InChI is InChI=1S/C15H20F2O/c1-2-3-4-5-8-18-9-6-7-13-10-14(16)12-15(17)11-13/h6-7,10-12H,2-5,8-9H2,1H3/b7-6+. The van der Waals surface area contributed by atoms with E-state index in [9.17, 15) is 8.78 Å². The van der Waals surface area contributed by atoms with Crippen molar-refractivity contribution < 1.29 is 13.5 Å². The summed E-state index contributed by atoms with van der Waals surface area (Å²) in [6.07, 6.45) is 8.14. The van der Waals surface area contributed by atoms with E-state index in [1.807, 2.05) is 0 Å². The summed E-state index contributed by atoms with van der Waals surface area (Å²) >= 11 is 0. The molecule has 0 bridgehead atoms. The summed E-state index contributed by atoms with van der Waals surface area (Å²) in [4.78, 5) is 0. The van der Waals surface area contributed by atoms with Gasteiger partial charge < -0.3 is 4.74 Å². The highest BCUT2D eigenvalue weighted by Gasteiger charge is 1.96. The monoisotopic (exact) mass is 254 g/mol. The Morgan fingerprint density at radius 2 is 1.78 bits per heavy atom. The Labute approximate surface area is 107 Å². The molecule has 0 aliphatic heterocycles. The molecule has 1 aromatic carbocycles. The summed E-state index contributed by atoms with van der Waals surface area (Å²) in [6.45, 7) is 3.38. The van der Waals surface area contributed by atoms with Crippen LogP contribution in [0.5, 0.6) is 0 Å². The lowest BCUT2D eigenvalue weighted by molar-refractivity contribution is 0.157. The van der Waals surface area contributed by atoms with Crippen molar-refractivity contribution in [2.75, 3.05) is 13.2 Å². The Kier molecular flexibility index (Phi) is 7.26. The van der Waals surface area contributed by atoms with Crippen LogP contribution >= 0.6 is 0 Å². The summed E-state index contributed by atoms with van der Waals surface area (Å²) < 4.78 is 31.1. The molecule has 0 fully saturated rings. The van der Waals surface area contributed by atoms with Crippen molar-refractivity contribution in [3.63, 3.8) is 0 Å². The molecule has 0 heterocycles. The van der Waals surface area contributed by atoms with Gasteiger partial charge in [0.25, 0.3) is 0 Å². The predicted molar refractivity (Wildman–Crippen MR) is 70.4 cm³/mol. The molecule has 1 nitrogen and oxygen atoms in total. The van der Waals surface area contributed by atoms with Crippen LogP contribution in [0.15, 0.2) is 24.3 Å². The van der Waals surface area contributed by atoms with E-state index in [4.69, 9.17) is 4.74 Å². The molecule has 0 atom stereocenters. The molecule has 0 unspecified atom stereocenters. The van der Waals surface area contributed by atoms with Gasteiger partial charge in [0.1, 0.15) is 11.6 Å². The molecule has 18 heavy (non-hydrogen) atoms. The molecule has 100 valence electrons. The van der Waals surface area contributed by atoms with Gasteiger partial charge in [0.15, 0.2) is 0 Å². The number of rotatable bonds is 8. The first-order chi connectivity index (χ1) is 8.72. The van der Waals surface area contributed by atoms with Gasteiger partial charge in [-0.2, -0.15) is 0 Å². The first-order valence-corrected chi connectivity index (χ1v) is 6.42. The average Bonchev–Trinajstić information content (AvgIpc) is 2.31. The SMILES string of the molecule is CCCCCCOC/C=C/c1cc(F)cc(F)c1. The van der Waals surface area contributed by atoms with E-state index < -0.39 is 11.6 Å². The highest BCUT2D eigenvalue weighted by molar-refractivity contribution is 5.49. The van der Waals surface area contributed by atoms with E-state index in [-0.39, 0.29) is 0 Å². The fourth-order valence-electron chi connectivity index (χ4n) is 1.64. The number of ether oxygens (including phenoxy) is 1. The quantitative estimate of drug-likeness (QED) is 0.617. The van der Waals surface area contributed by atoms with Gasteiger partial charge in [0.2, 0.25) is 0 Å². The Bertz CT molecular complexity index is 355. The van der Waals surface area contributed by atoms with Gasteiger partial charge in [-0.25, -0.2) is 8.78 Å². The third-order valence-electron chi connectivity index (χ3n) is 2.55.